The molecule has 2 aliphatic rings. The van der Waals surface area contributed by atoms with Gasteiger partial charge in [-0.05, 0) is 144 Å². The van der Waals surface area contributed by atoms with E-state index in [1.807, 2.05) is 104 Å². The first-order valence-corrected chi connectivity index (χ1v) is 26.5. The van der Waals surface area contributed by atoms with Crippen molar-refractivity contribution in [2.24, 2.45) is 16.8 Å². The molecule has 0 spiro atoms. The molecule has 2 atom stereocenters. The van der Waals surface area contributed by atoms with Crippen molar-refractivity contribution in [3.05, 3.63) is 218 Å². The van der Waals surface area contributed by atoms with E-state index < -0.39 is 5.97 Å². The minimum atomic E-state index is -0.949. The molecule has 0 fully saturated rings. The van der Waals surface area contributed by atoms with Crippen molar-refractivity contribution in [3.63, 3.8) is 0 Å². The van der Waals surface area contributed by atoms with E-state index in [1.165, 1.54) is 36.1 Å². The molecule has 9 N–H and O–H groups in total. The summed E-state index contributed by atoms with van der Waals surface area (Å²) < 4.78 is 8.42. The number of hydrazone groups is 1. The topological polar surface area (TPSA) is 316 Å². The summed E-state index contributed by atoms with van der Waals surface area (Å²) in [5.41, 5.74) is 32.1. The van der Waals surface area contributed by atoms with Crippen LogP contribution in [0.3, 0.4) is 0 Å². The molecule has 85 heavy (non-hydrogen) atoms. The van der Waals surface area contributed by atoms with Gasteiger partial charge in [-0.15, -0.1) is 12.4 Å². The molecule has 1 aliphatic heterocycles. The van der Waals surface area contributed by atoms with E-state index in [2.05, 4.69) is 95.8 Å². The van der Waals surface area contributed by atoms with E-state index >= 15 is 0 Å². The molecule has 8 heterocycles. The summed E-state index contributed by atoms with van der Waals surface area (Å²) in [6.07, 6.45) is 16.9. The van der Waals surface area contributed by atoms with Gasteiger partial charge in [0.2, 0.25) is 0 Å². The van der Waals surface area contributed by atoms with E-state index in [4.69, 9.17) is 27.0 Å². The number of hydrogen-bond acceptors (Lipinski definition) is 17. The first kappa shape index (κ1) is 66.7. The number of nitrogens with zero attached hydrogens (tertiary/aromatic N) is 11. The summed E-state index contributed by atoms with van der Waals surface area (Å²) in [5, 5.41) is 29.4. The van der Waals surface area contributed by atoms with Gasteiger partial charge in [-0.3, -0.25) is 34.1 Å². The molecular weight excluding hydrogens is 1090 g/mol. The first-order valence-electron chi connectivity index (χ1n) is 26.5. The molecule has 1 amide bonds. The second-order valence-electron chi connectivity index (χ2n) is 20.1. The predicted octanol–water partition coefficient (Wildman–Crippen LogP) is 5.96. The number of allylic oxidation sites excluding steroid dienone is 2. The number of fused-ring (bicyclic) bond motifs is 3. The average Bonchev–Trinajstić information content (AvgIpc) is 3.74. The normalized spacial score (nSPS) is 13.4. The van der Waals surface area contributed by atoms with E-state index in [1.54, 1.807) is 36.7 Å². The molecule has 2 unspecified atom stereocenters. The zero-order valence-corrected chi connectivity index (χ0v) is 49.9. The monoisotopic (exact) mass is 1160 g/mol. The summed E-state index contributed by atoms with van der Waals surface area (Å²) in [6, 6.07) is 26.1. The van der Waals surface area contributed by atoms with Crippen LogP contribution in [0.15, 0.2) is 145 Å². The number of ether oxygens (including phenoxy) is 1. The number of rotatable bonds is 12. The van der Waals surface area contributed by atoms with E-state index in [-0.39, 0.29) is 60.2 Å². The van der Waals surface area contributed by atoms with Gasteiger partial charge in [-0.2, -0.15) is 15.3 Å². The summed E-state index contributed by atoms with van der Waals surface area (Å²) in [4.78, 5) is 56.5. The van der Waals surface area contributed by atoms with Gasteiger partial charge in [0.1, 0.15) is 11.6 Å². The fourth-order valence-electron chi connectivity index (χ4n) is 9.62. The van der Waals surface area contributed by atoms with Gasteiger partial charge < -0.3 is 37.8 Å². The van der Waals surface area contributed by atoms with Gasteiger partial charge in [0, 0.05) is 71.5 Å². The van der Waals surface area contributed by atoms with Gasteiger partial charge in [0.05, 0.1) is 84.4 Å². The number of carboxylic acid groups (broad SMARTS) is 1. The van der Waals surface area contributed by atoms with Crippen molar-refractivity contribution < 1.29 is 48.6 Å². The number of methoxy groups -OCH3 is 1. The molecule has 1 aliphatic carbocycles. The Labute approximate surface area is 511 Å². The summed E-state index contributed by atoms with van der Waals surface area (Å²) in [6.45, 7) is 16.4. The van der Waals surface area contributed by atoms with Crippen LogP contribution in [0.25, 0.3) is 21.8 Å². The molecule has 0 saturated carbocycles. The number of carbonyl (C=O) groups is 3. The van der Waals surface area contributed by atoms with Crippen LogP contribution in [0.2, 0.25) is 0 Å². The smallest absolute Gasteiger partial charge is 0.870 e. The van der Waals surface area contributed by atoms with Crippen LogP contribution >= 0.6 is 12.4 Å². The number of carbonyl (C=O) groups excluding carboxylic acids is 2. The number of carboxylic acids is 1. The van der Waals surface area contributed by atoms with Crippen molar-refractivity contribution in [2.45, 2.75) is 87.2 Å². The number of nitrogens with two attached hydrogens (primary N) is 3. The molecule has 11 rings (SSSR count). The predicted molar refractivity (Wildman–Crippen MR) is 327 cm³/mol. The van der Waals surface area contributed by atoms with Crippen LogP contribution in [-0.2, 0) is 37.5 Å². The maximum absolute atomic E-state index is 12.7. The number of amides is 1. The Morgan fingerprint density at radius 3 is 1.67 bits per heavy atom. The number of anilines is 2. The SMILES string of the molecule is CC1=CC2C=NN(Cc3cc(C(=O)NCc4c(C)cc(N)nc4C)ccn3)C2C=C1.COC(=O)c1ccnc(Cn2ncc3cc(C)ccc32)c1.Cc1cc(N)nc(C)c1CN.Cc1ccc2c(cnn2Cc2cc(C(=O)O)ccn2)c1.Cl.[Li+].[OH-]. The maximum atomic E-state index is 12.7. The maximum Gasteiger partial charge on any atom is 1.00 e. The van der Waals surface area contributed by atoms with E-state index in [0.717, 1.165) is 66.8 Å². The average molecular weight is 1160 g/mol. The Balaban J connectivity index is 0.000000215. The van der Waals surface area contributed by atoms with Crippen LogP contribution < -0.4 is 41.4 Å². The van der Waals surface area contributed by atoms with Crippen molar-refractivity contribution >= 4 is 69.9 Å². The minimum absolute atomic E-state index is 0. The summed E-state index contributed by atoms with van der Waals surface area (Å²) in [7, 11) is 1.37. The number of nitrogens with one attached hydrogen (secondary N) is 1. The van der Waals surface area contributed by atoms with E-state index in [0.29, 0.717) is 67.1 Å². The van der Waals surface area contributed by atoms with Crippen LogP contribution in [-0.4, -0.2) is 97.3 Å². The van der Waals surface area contributed by atoms with Crippen molar-refractivity contribution in [1.82, 2.24) is 54.8 Å². The first-order chi connectivity index (χ1) is 39.3. The fraction of sp³-hybridized carbons (Fsp3) is 0.242. The zero-order valence-electron chi connectivity index (χ0n) is 49.1. The second-order valence-corrected chi connectivity index (χ2v) is 20.1. The van der Waals surface area contributed by atoms with Crippen LogP contribution in [0.4, 0.5) is 11.6 Å². The Morgan fingerprint density at radius 1 is 0.659 bits per heavy atom. The van der Waals surface area contributed by atoms with Crippen LogP contribution in [0.5, 0.6) is 0 Å². The molecule has 9 aromatic rings. The molecule has 0 saturated heterocycles. The van der Waals surface area contributed by atoms with Gasteiger partial charge >= 0.3 is 30.8 Å². The standard InChI is InChI=1S/C23H26N6O.C16H15N3O2.C15H13N3O2.C8H13N3.ClH.Li.H2O/c1-14-4-5-21-18(8-14)11-27-29(21)13-19-10-17(6-7-25-19)23(30)26-12-20-15(2)9-22(24)28-16(20)3;1-11-3-4-15-13(7-11)9-18-19(15)10-14-8-12(5-6-17-14)16(20)21-2;1-10-2-3-14-12(6-10)8-17-18(14)9-13-7-11(15(19)20)4-5-16-13;1-5-3-8(10)11-6(2)7(5)4-9;;;/h4-11,18,21H,12-13H2,1-3H3,(H2,24,28)(H,26,30);3-9H,10H2,1-2H3;2-8H,9H2,1H3,(H,19,20);3H,4,9H2,1-2H3,(H2,10,11);1H;;1H2/q;;;;;+1;/p-1. The molecule has 21 nitrogen and oxygen atoms in total. The largest absolute Gasteiger partial charge is 1.00 e. The molecular formula is C62H69ClLiN15O6. The molecule has 23 heteroatoms. The van der Waals surface area contributed by atoms with Crippen molar-refractivity contribution in [1.29, 1.82) is 0 Å². The summed E-state index contributed by atoms with van der Waals surface area (Å²) in [5.74, 6) is -0.106. The Morgan fingerprint density at radius 2 is 1.15 bits per heavy atom. The third kappa shape index (κ3) is 17.3. The number of esters is 1. The second kappa shape index (κ2) is 30.4. The number of pyridine rings is 5. The fourth-order valence-corrected chi connectivity index (χ4v) is 9.62. The Kier molecular flexibility index (Phi) is 23.9. The van der Waals surface area contributed by atoms with Gasteiger partial charge in [0.15, 0.2) is 0 Å². The Bertz CT molecular complexity index is 3870. The summed E-state index contributed by atoms with van der Waals surface area (Å²) >= 11 is 0. The molecule has 7 aromatic heterocycles. The quantitative estimate of drug-likeness (QED) is 0.0696. The van der Waals surface area contributed by atoms with E-state index in [9.17, 15) is 14.4 Å². The number of hydrogen-bond donors (Lipinski definition) is 5. The van der Waals surface area contributed by atoms with Gasteiger partial charge in [-0.25, -0.2) is 19.6 Å². The number of nitrogen functional groups attached to an aromatic ring is 2. The molecule has 0 radical (unpaired) electrons. The van der Waals surface area contributed by atoms with Crippen LogP contribution in [0, 0.1) is 47.5 Å². The molecule has 436 valence electrons. The number of halogens is 1. The van der Waals surface area contributed by atoms with Gasteiger partial charge in [0.25, 0.3) is 5.91 Å². The van der Waals surface area contributed by atoms with Crippen LogP contribution in [0.1, 0.15) is 99.8 Å². The minimum Gasteiger partial charge on any atom is -0.870 e. The molecule has 2 aromatic carbocycles. The third-order valence-electron chi connectivity index (χ3n) is 13.8. The van der Waals surface area contributed by atoms with Crippen molar-refractivity contribution in [3.8, 4) is 0 Å². The van der Waals surface area contributed by atoms with Crippen molar-refractivity contribution in [2.75, 3.05) is 18.6 Å². The van der Waals surface area contributed by atoms with Gasteiger partial charge in [-0.1, -0.05) is 47.1 Å². The Hall–Kier alpha value is -9.10. The third-order valence-corrected chi connectivity index (χ3v) is 13.8. The zero-order chi connectivity index (χ0) is 58.6. The number of aryl methyl sites for hydroxylation is 6. The number of aromatic carboxylic acids is 1. The number of benzene rings is 2. The molecule has 0 bridgehead atoms. The number of aromatic nitrogens is 9.